The van der Waals surface area contributed by atoms with Crippen LogP contribution in [0, 0.1) is 12.7 Å². The molecule has 7 heteroatoms. The van der Waals surface area contributed by atoms with E-state index >= 15 is 0 Å². The van der Waals surface area contributed by atoms with Crippen LogP contribution in [0.2, 0.25) is 5.02 Å². The van der Waals surface area contributed by atoms with Gasteiger partial charge in [-0.1, -0.05) is 47.5 Å². The third-order valence-electron chi connectivity index (χ3n) is 4.37. The second kappa shape index (κ2) is 7.42. The molecule has 5 nitrogen and oxygen atoms in total. The highest BCUT2D eigenvalue weighted by Crippen LogP contribution is 2.23. The number of nitrogens with one attached hydrogen (secondary N) is 1. The van der Waals surface area contributed by atoms with E-state index in [1.54, 1.807) is 10.6 Å². The molecular formula is C20H17ClFN5. The molecule has 2 aromatic carbocycles. The van der Waals surface area contributed by atoms with Crippen molar-refractivity contribution in [3.05, 3.63) is 82.3 Å². The van der Waals surface area contributed by atoms with Gasteiger partial charge in [-0.3, -0.25) is 0 Å². The molecule has 4 rings (SSSR count). The van der Waals surface area contributed by atoms with Crippen LogP contribution >= 0.6 is 11.6 Å². The second-order valence-electron chi connectivity index (χ2n) is 6.41. The van der Waals surface area contributed by atoms with Gasteiger partial charge in [0.05, 0.1) is 0 Å². The van der Waals surface area contributed by atoms with Crippen LogP contribution in [0.4, 0.5) is 4.39 Å². The molecule has 0 aliphatic heterocycles. The lowest BCUT2D eigenvalue weighted by molar-refractivity contribution is 0.625. The molecule has 2 aromatic heterocycles. The number of pyridine rings is 1. The first-order chi connectivity index (χ1) is 13.1. The molecule has 0 bridgehead atoms. The van der Waals surface area contributed by atoms with Gasteiger partial charge in [-0.25, -0.2) is 4.39 Å². The van der Waals surface area contributed by atoms with Gasteiger partial charge in [-0.05, 0) is 46.7 Å². The molecule has 2 heterocycles. The minimum atomic E-state index is -0.342. The molecule has 0 atom stereocenters. The first kappa shape index (κ1) is 17.6. The van der Waals surface area contributed by atoms with Crippen molar-refractivity contribution in [2.24, 2.45) is 0 Å². The zero-order valence-electron chi connectivity index (χ0n) is 14.7. The Hall–Kier alpha value is -2.83. The van der Waals surface area contributed by atoms with E-state index in [0.717, 1.165) is 22.3 Å². The molecule has 0 spiro atoms. The highest BCUT2D eigenvalue weighted by atomic mass is 35.5. The van der Waals surface area contributed by atoms with Crippen LogP contribution in [0.1, 0.15) is 16.7 Å². The lowest BCUT2D eigenvalue weighted by Gasteiger charge is -2.10. The van der Waals surface area contributed by atoms with Gasteiger partial charge in [0.15, 0.2) is 5.65 Å². The van der Waals surface area contributed by atoms with E-state index in [4.69, 9.17) is 11.6 Å². The molecule has 0 aliphatic rings. The number of aromatic nitrogens is 4. The van der Waals surface area contributed by atoms with Gasteiger partial charge in [0.1, 0.15) is 5.82 Å². The van der Waals surface area contributed by atoms with Crippen molar-refractivity contribution in [1.82, 2.24) is 25.4 Å². The van der Waals surface area contributed by atoms with Gasteiger partial charge < -0.3 is 5.32 Å². The Morgan fingerprint density at radius 2 is 1.89 bits per heavy atom. The van der Waals surface area contributed by atoms with Gasteiger partial charge in [-0.15, -0.1) is 5.10 Å². The minimum absolute atomic E-state index is 0.342. The number of tetrazole rings is 1. The van der Waals surface area contributed by atoms with E-state index in [0.29, 0.717) is 23.8 Å². The summed E-state index contributed by atoms with van der Waals surface area (Å²) in [4.78, 5) is 0. The van der Waals surface area contributed by atoms with Crippen molar-refractivity contribution in [3.8, 4) is 11.1 Å². The van der Waals surface area contributed by atoms with Crippen LogP contribution < -0.4 is 5.32 Å². The number of nitrogens with zero attached hydrogens (tertiary/aromatic N) is 4. The van der Waals surface area contributed by atoms with Crippen molar-refractivity contribution < 1.29 is 4.39 Å². The summed E-state index contributed by atoms with van der Waals surface area (Å²) in [7, 11) is 0. The Labute approximate surface area is 160 Å². The van der Waals surface area contributed by atoms with Crippen LogP contribution in [0.15, 0.2) is 54.7 Å². The number of halogens is 2. The van der Waals surface area contributed by atoms with E-state index < -0.39 is 0 Å². The monoisotopic (exact) mass is 381 g/mol. The Balaban J connectivity index is 1.60. The van der Waals surface area contributed by atoms with Gasteiger partial charge >= 0.3 is 0 Å². The second-order valence-corrected chi connectivity index (χ2v) is 6.82. The van der Waals surface area contributed by atoms with E-state index in [2.05, 4.69) is 52.0 Å². The number of hydrogen-bond acceptors (Lipinski definition) is 4. The minimum Gasteiger partial charge on any atom is -0.308 e. The topological polar surface area (TPSA) is 55.1 Å². The molecule has 0 amide bonds. The van der Waals surface area contributed by atoms with Gasteiger partial charge in [0.25, 0.3) is 0 Å². The van der Waals surface area contributed by atoms with Crippen molar-refractivity contribution in [2.75, 3.05) is 0 Å². The number of benzene rings is 2. The number of aryl methyl sites for hydroxylation is 1. The van der Waals surface area contributed by atoms with Gasteiger partial charge in [0, 0.05) is 35.4 Å². The molecule has 4 aromatic rings. The van der Waals surface area contributed by atoms with Crippen LogP contribution in [-0.4, -0.2) is 20.0 Å². The summed E-state index contributed by atoms with van der Waals surface area (Å²) in [6.45, 7) is 3.13. The summed E-state index contributed by atoms with van der Waals surface area (Å²) in [5.41, 5.74) is 5.84. The fourth-order valence-electron chi connectivity index (χ4n) is 3.02. The molecule has 0 fully saturated rings. The highest BCUT2D eigenvalue weighted by Gasteiger charge is 2.10. The van der Waals surface area contributed by atoms with E-state index in [1.807, 2.05) is 12.3 Å². The summed E-state index contributed by atoms with van der Waals surface area (Å²) in [6.07, 6.45) is 1.92. The average Bonchev–Trinajstić information content (AvgIpc) is 3.12. The maximum atomic E-state index is 13.2. The van der Waals surface area contributed by atoms with Crippen molar-refractivity contribution in [1.29, 1.82) is 0 Å². The zero-order chi connectivity index (χ0) is 18.8. The van der Waals surface area contributed by atoms with Crippen LogP contribution in [0.5, 0.6) is 0 Å². The molecule has 0 radical (unpaired) electrons. The Morgan fingerprint density at radius 3 is 2.70 bits per heavy atom. The van der Waals surface area contributed by atoms with Crippen LogP contribution in [0.3, 0.4) is 0 Å². The predicted molar refractivity (Wildman–Crippen MR) is 103 cm³/mol. The van der Waals surface area contributed by atoms with Crippen LogP contribution in [0.25, 0.3) is 16.8 Å². The van der Waals surface area contributed by atoms with E-state index in [-0.39, 0.29) is 5.82 Å². The first-order valence-corrected chi connectivity index (χ1v) is 8.90. The largest absolute Gasteiger partial charge is 0.308 e. The molecule has 27 heavy (non-hydrogen) atoms. The molecule has 0 aliphatic carbocycles. The first-order valence-electron chi connectivity index (χ1n) is 8.52. The quantitative estimate of drug-likeness (QED) is 0.563. The lowest BCUT2D eigenvalue weighted by atomic mass is 10.0. The maximum Gasteiger partial charge on any atom is 0.183 e. The third-order valence-corrected chi connectivity index (χ3v) is 4.72. The summed E-state index contributed by atoms with van der Waals surface area (Å²) in [5, 5.41) is 15.7. The molecule has 0 saturated heterocycles. The Kier molecular flexibility index (Phi) is 4.83. The molecule has 136 valence electrons. The SMILES string of the molecule is Cc1cccc(-c2cc(CNCc3ccc(F)cc3Cl)c3nnnn3c2)c1. The maximum absolute atomic E-state index is 13.2. The van der Waals surface area contributed by atoms with Crippen molar-refractivity contribution in [2.45, 2.75) is 20.0 Å². The van der Waals surface area contributed by atoms with Gasteiger partial charge in [-0.2, -0.15) is 4.52 Å². The fraction of sp³-hybridized carbons (Fsp3) is 0.150. The highest BCUT2D eigenvalue weighted by molar-refractivity contribution is 6.31. The van der Waals surface area contributed by atoms with Crippen LogP contribution in [-0.2, 0) is 13.1 Å². The van der Waals surface area contributed by atoms with E-state index in [1.165, 1.54) is 17.7 Å². The summed E-state index contributed by atoms with van der Waals surface area (Å²) in [5.74, 6) is -0.342. The Morgan fingerprint density at radius 1 is 1.04 bits per heavy atom. The fourth-order valence-corrected chi connectivity index (χ4v) is 3.26. The molecule has 1 N–H and O–H groups in total. The predicted octanol–water partition coefficient (Wildman–Crippen LogP) is 4.18. The molecule has 0 unspecified atom stereocenters. The normalized spacial score (nSPS) is 11.2. The molecular weight excluding hydrogens is 365 g/mol. The summed E-state index contributed by atoms with van der Waals surface area (Å²) in [6, 6.07) is 14.8. The Bertz CT molecular complexity index is 1110. The van der Waals surface area contributed by atoms with Crippen molar-refractivity contribution >= 4 is 17.2 Å². The number of fused-ring (bicyclic) bond motifs is 1. The standard InChI is InChI=1S/C20H17ClFN5/c1-13-3-2-4-14(7-13)17-8-16(20-24-25-26-27(20)12-17)11-23-10-15-5-6-18(22)9-19(15)21/h2-9,12,23H,10-11H2,1H3. The molecule has 0 saturated carbocycles. The van der Waals surface area contributed by atoms with Crippen molar-refractivity contribution in [3.63, 3.8) is 0 Å². The number of rotatable bonds is 5. The smallest absolute Gasteiger partial charge is 0.183 e. The lowest BCUT2D eigenvalue weighted by Crippen LogP contribution is -2.14. The average molecular weight is 382 g/mol. The third kappa shape index (κ3) is 3.82. The summed E-state index contributed by atoms with van der Waals surface area (Å²) >= 11 is 6.09. The van der Waals surface area contributed by atoms with Gasteiger partial charge in [0.2, 0.25) is 0 Å². The van der Waals surface area contributed by atoms with E-state index in [9.17, 15) is 4.39 Å². The number of hydrogen-bond donors (Lipinski definition) is 1. The summed E-state index contributed by atoms with van der Waals surface area (Å²) < 4.78 is 14.9. The zero-order valence-corrected chi connectivity index (χ0v) is 15.4.